The molecule has 1 saturated carbocycles. The molecule has 1 aliphatic carbocycles. The Morgan fingerprint density at radius 1 is 1.03 bits per heavy atom. The van der Waals surface area contributed by atoms with E-state index < -0.39 is 0 Å². The Labute approximate surface area is 187 Å². The monoisotopic (exact) mass is 433 g/mol. The molecular weight excluding hydrogens is 410 g/mol. The van der Waals surface area contributed by atoms with Crippen LogP contribution in [0.5, 0.6) is 5.75 Å². The Morgan fingerprint density at radius 3 is 2.55 bits per heavy atom. The van der Waals surface area contributed by atoms with Crippen LogP contribution in [0, 0.1) is 11.3 Å². The number of fused-ring (bicyclic) bond motifs is 3. The van der Waals surface area contributed by atoms with Gasteiger partial charge in [-0.15, -0.1) is 10.2 Å². The molecule has 0 atom stereocenters. The number of hydrogen-bond donors (Lipinski definition) is 0. The minimum Gasteiger partial charge on any atom is -0.490 e. The molecule has 2 aliphatic rings. The van der Waals surface area contributed by atoms with Crippen molar-refractivity contribution in [2.45, 2.75) is 50.8 Å². The van der Waals surface area contributed by atoms with Crippen LogP contribution < -0.4 is 4.74 Å². The van der Waals surface area contributed by atoms with E-state index in [1.165, 1.54) is 5.56 Å². The predicted molar refractivity (Wildman–Crippen MR) is 118 cm³/mol. The molecule has 0 radical (unpaired) electrons. The maximum atomic E-state index is 8.95. The minimum absolute atomic E-state index is 0.188. The molecule has 31 heavy (non-hydrogen) atoms. The molecule has 0 saturated heterocycles. The molecule has 2 heterocycles. The molecule has 1 aromatic heterocycles. The summed E-state index contributed by atoms with van der Waals surface area (Å²) in [6.45, 7) is 1.60. The van der Waals surface area contributed by atoms with Crippen LogP contribution in [-0.4, -0.2) is 32.8 Å². The van der Waals surface area contributed by atoms with Crippen LogP contribution in [0.25, 0.3) is 5.69 Å². The first kappa shape index (κ1) is 20.0. The predicted octanol–water partition coefficient (Wildman–Crippen LogP) is 4.84. The lowest BCUT2D eigenvalue weighted by Gasteiger charge is -2.29. The van der Waals surface area contributed by atoms with Crippen molar-refractivity contribution >= 4 is 11.6 Å². The minimum atomic E-state index is 0.188. The lowest BCUT2D eigenvalue weighted by Crippen LogP contribution is -2.25. The molecule has 3 aromatic rings. The van der Waals surface area contributed by atoms with Crippen LogP contribution in [-0.2, 0) is 13.1 Å². The summed E-state index contributed by atoms with van der Waals surface area (Å²) in [5.41, 5.74) is 2.99. The Kier molecular flexibility index (Phi) is 5.39. The van der Waals surface area contributed by atoms with E-state index in [1.807, 2.05) is 18.2 Å². The quantitative estimate of drug-likeness (QED) is 0.591. The van der Waals surface area contributed by atoms with Crippen molar-refractivity contribution in [2.75, 3.05) is 7.05 Å². The maximum Gasteiger partial charge on any atom is 0.151 e. The normalized spacial score (nSPS) is 20.9. The van der Waals surface area contributed by atoms with E-state index in [1.54, 1.807) is 12.1 Å². The van der Waals surface area contributed by atoms with Gasteiger partial charge >= 0.3 is 0 Å². The molecule has 1 aliphatic heterocycles. The highest BCUT2D eigenvalue weighted by atomic mass is 35.5. The van der Waals surface area contributed by atoms with Crippen molar-refractivity contribution < 1.29 is 4.74 Å². The van der Waals surface area contributed by atoms with E-state index in [0.29, 0.717) is 11.5 Å². The average Bonchev–Trinajstić information content (AvgIpc) is 3.12. The van der Waals surface area contributed by atoms with Gasteiger partial charge in [0.05, 0.1) is 30.0 Å². The number of halogens is 1. The SMILES string of the molecule is CN1Cc2cc(Cl)ccc2-n2c(nnc2C2CCC(Oc3ccc(C#N)cc3)CC2)C1. The van der Waals surface area contributed by atoms with E-state index in [4.69, 9.17) is 21.6 Å². The number of benzene rings is 2. The molecule has 0 amide bonds. The van der Waals surface area contributed by atoms with E-state index in [9.17, 15) is 0 Å². The van der Waals surface area contributed by atoms with Crippen LogP contribution in [0.2, 0.25) is 5.02 Å². The molecule has 158 valence electrons. The molecule has 0 bridgehead atoms. The van der Waals surface area contributed by atoms with Gasteiger partial charge < -0.3 is 4.74 Å². The van der Waals surface area contributed by atoms with Crippen molar-refractivity contribution in [3.63, 3.8) is 0 Å². The van der Waals surface area contributed by atoms with Gasteiger partial charge in [-0.1, -0.05) is 11.6 Å². The van der Waals surface area contributed by atoms with Gasteiger partial charge in [-0.05, 0) is 80.8 Å². The van der Waals surface area contributed by atoms with Crippen molar-refractivity contribution in [3.8, 4) is 17.5 Å². The third-order valence-electron chi connectivity index (χ3n) is 6.21. The van der Waals surface area contributed by atoms with Crippen molar-refractivity contribution in [1.29, 1.82) is 5.26 Å². The molecule has 7 heteroatoms. The summed E-state index contributed by atoms with van der Waals surface area (Å²) in [5, 5.41) is 18.9. The summed E-state index contributed by atoms with van der Waals surface area (Å²) < 4.78 is 8.41. The summed E-state index contributed by atoms with van der Waals surface area (Å²) in [6, 6.07) is 15.6. The third kappa shape index (κ3) is 4.04. The Bertz CT molecular complexity index is 1130. The molecule has 0 spiro atoms. The number of aromatic nitrogens is 3. The number of nitriles is 1. The van der Waals surface area contributed by atoms with Gasteiger partial charge in [0.1, 0.15) is 11.6 Å². The van der Waals surface area contributed by atoms with E-state index in [-0.39, 0.29) is 6.10 Å². The van der Waals surface area contributed by atoms with Gasteiger partial charge in [-0.3, -0.25) is 9.47 Å². The number of ether oxygens (including phenoxy) is 1. The fraction of sp³-hybridized carbons (Fsp3) is 0.375. The molecule has 5 rings (SSSR count). The van der Waals surface area contributed by atoms with E-state index >= 15 is 0 Å². The fourth-order valence-corrected chi connectivity index (χ4v) is 4.88. The summed E-state index contributed by atoms with van der Waals surface area (Å²) in [6.07, 6.45) is 4.16. The Morgan fingerprint density at radius 2 is 1.81 bits per heavy atom. The van der Waals surface area contributed by atoms with Crippen LogP contribution in [0.4, 0.5) is 0 Å². The maximum absolute atomic E-state index is 8.95. The zero-order valence-corrected chi connectivity index (χ0v) is 18.2. The summed E-state index contributed by atoms with van der Waals surface area (Å²) >= 11 is 6.28. The summed E-state index contributed by atoms with van der Waals surface area (Å²) in [5.74, 6) is 3.21. The fourth-order valence-electron chi connectivity index (χ4n) is 4.69. The molecule has 6 nitrogen and oxygen atoms in total. The lowest BCUT2D eigenvalue weighted by molar-refractivity contribution is 0.144. The molecule has 1 fully saturated rings. The second-order valence-corrected chi connectivity index (χ2v) is 8.92. The van der Waals surface area contributed by atoms with Gasteiger partial charge in [0.2, 0.25) is 0 Å². The van der Waals surface area contributed by atoms with Crippen molar-refractivity contribution in [1.82, 2.24) is 19.7 Å². The standard InChI is InChI=1S/C24H24ClN5O/c1-29-14-18-12-19(25)6-11-22(18)30-23(15-29)27-28-24(30)17-4-9-21(10-5-17)31-20-7-2-16(13-26)3-8-20/h2-3,6-8,11-12,17,21H,4-5,9-10,14-15H2,1H3. The zero-order valence-electron chi connectivity index (χ0n) is 17.5. The first-order valence-corrected chi connectivity index (χ1v) is 11.1. The van der Waals surface area contributed by atoms with Crippen molar-refractivity contribution in [3.05, 3.63) is 70.3 Å². The smallest absolute Gasteiger partial charge is 0.151 e. The highest BCUT2D eigenvalue weighted by Crippen LogP contribution is 2.37. The second-order valence-electron chi connectivity index (χ2n) is 8.48. The van der Waals surface area contributed by atoms with Crippen LogP contribution in [0.3, 0.4) is 0 Å². The van der Waals surface area contributed by atoms with Gasteiger partial charge in [-0.25, -0.2) is 0 Å². The van der Waals surface area contributed by atoms with Crippen LogP contribution in [0.15, 0.2) is 42.5 Å². The number of rotatable bonds is 3. The highest BCUT2D eigenvalue weighted by Gasteiger charge is 2.30. The average molecular weight is 434 g/mol. The third-order valence-corrected chi connectivity index (χ3v) is 6.45. The second kappa shape index (κ2) is 8.33. The highest BCUT2D eigenvalue weighted by molar-refractivity contribution is 6.30. The molecular formula is C24H24ClN5O. The lowest BCUT2D eigenvalue weighted by atomic mass is 9.86. The molecule has 0 unspecified atom stereocenters. The van der Waals surface area contributed by atoms with Gasteiger partial charge in [-0.2, -0.15) is 5.26 Å². The molecule has 0 N–H and O–H groups in total. The van der Waals surface area contributed by atoms with Crippen LogP contribution in [0.1, 0.15) is 54.4 Å². The van der Waals surface area contributed by atoms with Gasteiger partial charge in [0, 0.05) is 17.5 Å². The van der Waals surface area contributed by atoms with E-state index in [0.717, 1.165) is 66.9 Å². The largest absolute Gasteiger partial charge is 0.490 e. The first-order chi connectivity index (χ1) is 15.1. The van der Waals surface area contributed by atoms with E-state index in [2.05, 4.69) is 44.9 Å². The van der Waals surface area contributed by atoms with Gasteiger partial charge in [0.15, 0.2) is 5.82 Å². The summed E-state index contributed by atoms with van der Waals surface area (Å²) in [7, 11) is 2.10. The zero-order chi connectivity index (χ0) is 21.4. The Hall–Kier alpha value is -2.88. The number of nitrogens with zero attached hydrogens (tertiary/aromatic N) is 5. The topological polar surface area (TPSA) is 67.0 Å². The van der Waals surface area contributed by atoms with Gasteiger partial charge in [0.25, 0.3) is 0 Å². The molecule has 2 aromatic carbocycles. The van der Waals surface area contributed by atoms with Crippen molar-refractivity contribution in [2.24, 2.45) is 0 Å². The Balaban J connectivity index is 1.34. The van der Waals surface area contributed by atoms with Crippen LogP contribution >= 0.6 is 11.6 Å². The summed E-state index contributed by atoms with van der Waals surface area (Å²) in [4.78, 5) is 2.24. The number of hydrogen-bond acceptors (Lipinski definition) is 5. The first-order valence-electron chi connectivity index (χ1n) is 10.7.